The van der Waals surface area contributed by atoms with E-state index in [4.69, 9.17) is 9.47 Å². The van der Waals surface area contributed by atoms with Gasteiger partial charge in [-0.05, 0) is 37.8 Å². The van der Waals surface area contributed by atoms with E-state index in [2.05, 4.69) is 15.3 Å². The molecule has 1 aliphatic rings. The number of benzene rings is 1. The highest BCUT2D eigenvalue weighted by molar-refractivity contribution is 6.13. The summed E-state index contributed by atoms with van der Waals surface area (Å²) in [7, 11) is 5.09. The first-order chi connectivity index (χ1) is 16.0. The highest BCUT2D eigenvalue weighted by Crippen LogP contribution is 2.28. The van der Waals surface area contributed by atoms with E-state index in [0.717, 1.165) is 31.4 Å². The number of aromatic nitrogens is 3. The zero-order chi connectivity index (χ0) is 23.4. The summed E-state index contributed by atoms with van der Waals surface area (Å²) in [6.07, 6.45) is 10.6. The van der Waals surface area contributed by atoms with Gasteiger partial charge in [-0.2, -0.15) is 0 Å². The molecule has 1 aromatic carbocycles. The van der Waals surface area contributed by atoms with Gasteiger partial charge in [-0.1, -0.05) is 0 Å². The second-order valence-corrected chi connectivity index (χ2v) is 8.60. The first-order valence-corrected chi connectivity index (χ1v) is 11.2. The minimum Gasteiger partial charge on any atom is -0.382 e. The number of aromatic amines is 1. The number of carbonyl (C=O) groups excluding carboxylic acids is 2. The zero-order valence-electron chi connectivity index (χ0n) is 19.3. The average Bonchev–Trinajstić information content (AvgIpc) is 3.49. The standard InChI is InChI=1S/C24H31N5O4/c1-28(2)24(31)21-14-26-22-19(21)12-17(29-9-8-25-15-29)13-20(22)23(30)27-16-4-6-18(7-5-16)33-11-10-32-3/h8-9,12-16,18,26H,4-7,10-11H2,1-3H3,(H,27,30)/t16-,18-. The maximum absolute atomic E-state index is 13.4. The van der Waals surface area contributed by atoms with E-state index in [1.165, 1.54) is 4.90 Å². The molecule has 0 saturated heterocycles. The Kier molecular flexibility index (Phi) is 7.10. The lowest BCUT2D eigenvalue weighted by atomic mass is 9.92. The van der Waals surface area contributed by atoms with Crippen molar-refractivity contribution in [3.8, 4) is 5.69 Å². The van der Waals surface area contributed by atoms with Crippen molar-refractivity contribution < 1.29 is 19.1 Å². The molecule has 0 unspecified atom stereocenters. The van der Waals surface area contributed by atoms with Crippen LogP contribution in [-0.4, -0.2) is 77.8 Å². The SMILES string of the molecule is COCCO[C@H]1CC[C@H](NC(=O)c2cc(-n3ccnc3)cc3c(C(=O)N(C)C)c[nH]c23)CC1. The second kappa shape index (κ2) is 10.2. The fraction of sp³-hybridized carbons (Fsp3) is 0.458. The van der Waals surface area contributed by atoms with Gasteiger partial charge in [-0.15, -0.1) is 0 Å². The van der Waals surface area contributed by atoms with Gasteiger partial charge in [0.15, 0.2) is 0 Å². The van der Waals surface area contributed by atoms with E-state index in [-0.39, 0.29) is 24.0 Å². The molecule has 2 heterocycles. The highest BCUT2D eigenvalue weighted by atomic mass is 16.5. The van der Waals surface area contributed by atoms with Crippen molar-refractivity contribution in [2.75, 3.05) is 34.4 Å². The quantitative estimate of drug-likeness (QED) is 0.511. The summed E-state index contributed by atoms with van der Waals surface area (Å²) < 4.78 is 12.7. The number of H-pyrrole nitrogens is 1. The third kappa shape index (κ3) is 5.09. The number of fused-ring (bicyclic) bond motifs is 1. The Balaban J connectivity index is 1.56. The third-order valence-corrected chi connectivity index (χ3v) is 6.11. The summed E-state index contributed by atoms with van der Waals surface area (Å²) >= 11 is 0. The van der Waals surface area contributed by atoms with Crippen molar-refractivity contribution in [3.05, 3.63) is 48.2 Å². The van der Waals surface area contributed by atoms with Gasteiger partial charge in [0.2, 0.25) is 0 Å². The number of nitrogens with one attached hydrogen (secondary N) is 2. The number of ether oxygens (including phenoxy) is 2. The number of hydrogen-bond donors (Lipinski definition) is 2. The fourth-order valence-corrected chi connectivity index (χ4v) is 4.31. The summed E-state index contributed by atoms with van der Waals surface area (Å²) in [6.45, 7) is 1.19. The molecular weight excluding hydrogens is 422 g/mol. The molecule has 0 spiro atoms. The van der Waals surface area contributed by atoms with Crippen LogP contribution in [0.25, 0.3) is 16.6 Å². The molecule has 176 valence electrons. The van der Waals surface area contributed by atoms with Gasteiger partial charge in [0.1, 0.15) is 0 Å². The van der Waals surface area contributed by atoms with Crippen LogP contribution in [0.3, 0.4) is 0 Å². The molecule has 2 aromatic heterocycles. The van der Waals surface area contributed by atoms with Crippen LogP contribution in [0.1, 0.15) is 46.4 Å². The Labute approximate surface area is 193 Å². The van der Waals surface area contributed by atoms with Crippen molar-refractivity contribution in [1.82, 2.24) is 24.8 Å². The Morgan fingerprint density at radius 2 is 1.97 bits per heavy atom. The summed E-state index contributed by atoms with van der Waals surface area (Å²) in [4.78, 5) is 34.9. The lowest BCUT2D eigenvalue weighted by Crippen LogP contribution is -2.39. The Bertz CT molecular complexity index is 1100. The second-order valence-electron chi connectivity index (χ2n) is 8.60. The van der Waals surface area contributed by atoms with E-state index in [0.29, 0.717) is 35.2 Å². The molecule has 1 aliphatic carbocycles. The van der Waals surface area contributed by atoms with E-state index < -0.39 is 0 Å². The molecular formula is C24H31N5O4. The smallest absolute Gasteiger partial charge is 0.255 e. The first kappa shape index (κ1) is 23.0. The molecule has 1 saturated carbocycles. The number of imidazole rings is 1. The van der Waals surface area contributed by atoms with Gasteiger partial charge in [0.25, 0.3) is 11.8 Å². The minimum absolute atomic E-state index is 0.0876. The maximum Gasteiger partial charge on any atom is 0.255 e. The van der Waals surface area contributed by atoms with Crippen LogP contribution >= 0.6 is 0 Å². The normalized spacial score (nSPS) is 18.4. The van der Waals surface area contributed by atoms with Crippen LogP contribution in [0, 0.1) is 0 Å². The molecule has 9 nitrogen and oxygen atoms in total. The van der Waals surface area contributed by atoms with Gasteiger partial charge in [0, 0.05) is 56.9 Å². The monoisotopic (exact) mass is 453 g/mol. The number of nitrogens with zero attached hydrogens (tertiary/aromatic N) is 3. The maximum atomic E-state index is 13.4. The van der Waals surface area contributed by atoms with Crippen molar-refractivity contribution in [3.63, 3.8) is 0 Å². The number of amides is 2. The van der Waals surface area contributed by atoms with Crippen LogP contribution < -0.4 is 5.32 Å². The first-order valence-electron chi connectivity index (χ1n) is 11.2. The number of methoxy groups -OCH3 is 1. The van der Waals surface area contributed by atoms with Crippen molar-refractivity contribution in [2.24, 2.45) is 0 Å². The molecule has 9 heteroatoms. The molecule has 0 aliphatic heterocycles. The Morgan fingerprint density at radius 1 is 1.18 bits per heavy atom. The van der Waals surface area contributed by atoms with Gasteiger partial charge in [0.05, 0.1) is 42.3 Å². The van der Waals surface area contributed by atoms with Crippen LogP contribution in [-0.2, 0) is 9.47 Å². The molecule has 2 amide bonds. The Hall–Kier alpha value is -3.17. The van der Waals surface area contributed by atoms with E-state index in [9.17, 15) is 9.59 Å². The van der Waals surface area contributed by atoms with Crippen molar-refractivity contribution in [2.45, 2.75) is 37.8 Å². The lowest BCUT2D eigenvalue weighted by Gasteiger charge is -2.29. The molecule has 4 rings (SSSR count). The molecule has 2 N–H and O–H groups in total. The van der Waals surface area contributed by atoms with Crippen molar-refractivity contribution in [1.29, 1.82) is 0 Å². The van der Waals surface area contributed by atoms with Gasteiger partial charge in [-0.25, -0.2) is 4.98 Å². The van der Waals surface area contributed by atoms with Crippen LogP contribution in [0.4, 0.5) is 0 Å². The largest absolute Gasteiger partial charge is 0.382 e. The van der Waals surface area contributed by atoms with Gasteiger partial charge < -0.3 is 29.2 Å². The van der Waals surface area contributed by atoms with E-state index >= 15 is 0 Å². The van der Waals surface area contributed by atoms with Gasteiger partial charge in [-0.3, -0.25) is 9.59 Å². The number of hydrogen-bond acceptors (Lipinski definition) is 5. The average molecular weight is 454 g/mol. The molecule has 0 atom stereocenters. The lowest BCUT2D eigenvalue weighted by molar-refractivity contribution is -0.00408. The minimum atomic E-state index is -0.156. The fourth-order valence-electron chi connectivity index (χ4n) is 4.31. The van der Waals surface area contributed by atoms with Crippen LogP contribution in [0.15, 0.2) is 37.1 Å². The topological polar surface area (TPSA) is 101 Å². The van der Waals surface area contributed by atoms with Gasteiger partial charge >= 0.3 is 0 Å². The summed E-state index contributed by atoms with van der Waals surface area (Å²) in [5.74, 6) is -0.279. The number of rotatable bonds is 8. The van der Waals surface area contributed by atoms with E-state index in [1.54, 1.807) is 39.9 Å². The zero-order valence-corrected chi connectivity index (χ0v) is 19.3. The molecule has 1 fully saturated rings. The van der Waals surface area contributed by atoms with Crippen LogP contribution in [0.2, 0.25) is 0 Å². The highest BCUT2D eigenvalue weighted by Gasteiger charge is 2.25. The molecule has 3 aromatic rings. The number of carbonyl (C=O) groups is 2. The predicted octanol–water partition coefficient (Wildman–Crippen LogP) is 2.76. The van der Waals surface area contributed by atoms with Crippen LogP contribution in [0.5, 0.6) is 0 Å². The summed E-state index contributed by atoms with van der Waals surface area (Å²) in [5.41, 5.74) is 2.46. The molecule has 33 heavy (non-hydrogen) atoms. The Morgan fingerprint density at radius 3 is 2.64 bits per heavy atom. The predicted molar refractivity (Wildman–Crippen MR) is 125 cm³/mol. The third-order valence-electron chi connectivity index (χ3n) is 6.11. The summed E-state index contributed by atoms with van der Waals surface area (Å²) in [5, 5.41) is 3.90. The molecule has 0 bridgehead atoms. The molecule has 0 radical (unpaired) electrons. The summed E-state index contributed by atoms with van der Waals surface area (Å²) in [6, 6.07) is 3.83. The van der Waals surface area contributed by atoms with E-state index in [1.807, 2.05) is 22.9 Å². The van der Waals surface area contributed by atoms with Crippen molar-refractivity contribution >= 4 is 22.7 Å².